The van der Waals surface area contributed by atoms with Crippen LogP contribution in [0.15, 0.2) is 18.2 Å². The van der Waals surface area contributed by atoms with Crippen molar-refractivity contribution >= 4 is 17.5 Å². The number of halogens is 1. The van der Waals surface area contributed by atoms with Gasteiger partial charge in [0, 0.05) is 18.0 Å². The first-order valence-corrected chi connectivity index (χ1v) is 6.17. The van der Waals surface area contributed by atoms with E-state index in [9.17, 15) is 4.79 Å². The van der Waals surface area contributed by atoms with Crippen molar-refractivity contribution in [1.29, 1.82) is 0 Å². The molecule has 0 aliphatic carbocycles. The van der Waals surface area contributed by atoms with Gasteiger partial charge in [-0.15, -0.1) is 0 Å². The SMILES string of the molecule is CC(C)CNC(=O)C1Cc2cc(Cl)ccc2O1. The molecule has 4 heteroatoms. The summed E-state index contributed by atoms with van der Waals surface area (Å²) >= 11 is 5.90. The highest BCUT2D eigenvalue weighted by molar-refractivity contribution is 6.30. The second kappa shape index (κ2) is 4.96. The number of fused-ring (bicyclic) bond motifs is 1. The molecule has 0 saturated heterocycles. The van der Waals surface area contributed by atoms with Crippen molar-refractivity contribution in [1.82, 2.24) is 5.32 Å². The molecule has 1 unspecified atom stereocenters. The Morgan fingerprint density at radius 2 is 2.35 bits per heavy atom. The molecule has 1 aromatic carbocycles. The third-order valence-electron chi connectivity index (χ3n) is 2.67. The van der Waals surface area contributed by atoms with E-state index in [2.05, 4.69) is 19.2 Å². The van der Waals surface area contributed by atoms with Crippen LogP contribution in [0.4, 0.5) is 0 Å². The summed E-state index contributed by atoms with van der Waals surface area (Å²) in [7, 11) is 0. The molecule has 17 heavy (non-hydrogen) atoms. The smallest absolute Gasteiger partial charge is 0.261 e. The first-order valence-electron chi connectivity index (χ1n) is 5.79. The van der Waals surface area contributed by atoms with Crippen molar-refractivity contribution in [3.8, 4) is 5.75 Å². The number of carbonyl (C=O) groups is 1. The lowest BCUT2D eigenvalue weighted by Crippen LogP contribution is -2.39. The summed E-state index contributed by atoms with van der Waals surface area (Å²) in [6.45, 7) is 4.80. The van der Waals surface area contributed by atoms with Crippen LogP contribution >= 0.6 is 11.6 Å². The van der Waals surface area contributed by atoms with E-state index in [1.54, 1.807) is 6.07 Å². The largest absolute Gasteiger partial charge is 0.480 e. The van der Waals surface area contributed by atoms with E-state index < -0.39 is 6.10 Å². The lowest BCUT2D eigenvalue weighted by atomic mass is 10.1. The van der Waals surface area contributed by atoms with Gasteiger partial charge >= 0.3 is 0 Å². The maximum Gasteiger partial charge on any atom is 0.261 e. The fourth-order valence-corrected chi connectivity index (χ4v) is 1.98. The Labute approximate surface area is 106 Å². The number of amides is 1. The van der Waals surface area contributed by atoms with Crippen LogP contribution in [-0.2, 0) is 11.2 Å². The molecule has 0 radical (unpaired) electrons. The van der Waals surface area contributed by atoms with Gasteiger partial charge < -0.3 is 10.1 Å². The molecule has 1 aromatic rings. The molecule has 1 heterocycles. The zero-order chi connectivity index (χ0) is 12.4. The Hall–Kier alpha value is -1.22. The highest BCUT2D eigenvalue weighted by atomic mass is 35.5. The average Bonchev–Trinajstić information content (AvgIpc) is 2.68. The third-order valence-corrected chi connectivity index (χ3v) is 2.91. The van der Waals surface area contributed by atoms with Crippen molar-refractivity contribution in [3.05, 3.63) is 28.8 Å². The predicted octanol–water partition coefficient (Wildman–Crippen LogP) is 2.42. The second-order valence-electron chi connectivity index (χ2n) is 4.70. The molecule has 3 nitrogen and oxygen atoms in total. The molecule has 0 bridgehead atoms. The molecule has 2 rings (SSSR count). The fourth-order valence-electron chi connectivity index (χ4n) is 1.78. The quantitative estimate of drug-likeness (QED) is 0.899. The van der Waals surface area contributed by atoms with Crippen LogP contribution < -0.4 is 10.1 Å². The molecule has 0 fully saturated rings. The van der Waals surface area contributed by atoms with Gasteiger partial charge in [-0.05, 0) is 29.7 Å². The van der Waals surface area contributed by atoms with E-state index in [0.717, 1.165) is 11.3 Å². The number of carbonyl (C=O) groups excluding carboxylic acids is 1. The summed E-state index contributed by atoms with van der Waals surface area (Å²) < 4.78 is 5.59. The predicted molar refractivity (Wildman–Crippen MR) is 67.4 cm³/mol. The van der Waals surface area contributed by atoms with Crippen molar-refractivity contribution in [2.24, 2.45) is 5.92 Å². The normalized spacial score (nSPS) is 17.8. The number of benzene rings is 1. The minimum Gasteiger partial charge on any atom is -0.480 e. The first-order chi connectivity index (χ1) is 8.06. The van der Waals surface area contributed by atoms with E-state index in [0.29, 0.717) is 23.9 Å². The summed E-state index contributed by atoms with van der Waals surface area (Å²) in [6, 6.07) is 5.44. The molecular weight excluding hydrogens is 238 g/mol. The van der Waals surface area contributed by atoms with Crippen molar-refractivity contribution in [2.75, 3.05) is 6.54 Å². The van der Waals surface area contributed by atoms with Gasteiger partial charge in [0.05, 0.1) is 0 Å². The summed E-state index contributed by atoms with van der Waals surface area (Å²) in [5.41, 5.74) is 1.00. The summed E-state index contributed by atoms with van der Waals surface area (Å²) in [5, 5.41) is 3.55. The molecule has 0 saturated carbocycles. The Morgan fingerprint density at radius 3 is 3.06 bits per heavy atom. The van der Waals surface area contributed by atoms with Crippen LogP contribution in [0, 0.1) is 5.92 Å². The highest BCUT2D eigenvalue weighted by Crippen LogP contribution is 2.31. The van der Waals surface area contributed by atoms with E-state index in [1.807, 2.05) is 12.1 Å². The van der Waals surface area contributed by atoms with E-state index in [4.69, 9.17) is 16.3 Å². The molecule has 1 N–H and O–H groups in total. The van der Waals surface area contributed by atoms with Crippen LogP contribution in [0.1, 0.15) is 19.4 Å². The van der Waals surface area contributed by atoms with Gasteiger partial charge in [0.2, 0.25) is 0 Å². The van der Waals surface area contributed by atoms with Crippen molar-refractivity contribution in [2.45, 2.75) is 26.4 Å². The molecule has 1 atom stereocenters. The molecule has 1 aliphatic heterocycles. The number of ether oxygens (including phenoxy) is 1. The van der Waals surface area contributed by atoms with Crippen LogP contribution in [0.25, 0.3) is 0 Å². The zero-order valence-electron chi connectivity index (χ0n) is 10.00. The lowest BCUT2D eigenvalue weighted by Gasteiger charge is -2.12. The fraction of sp³-hybridized carbons (Fsp3) is 0.462. The summed E-state index contributed by atoms with van der Waals surface area (Å²) in [6.07, 6.45) is 0.182. The van der Waals surface area contributed by atoms with Gasteiger partial charge in [0.15, 0.2) is 6.10 Å². The van der Waals surface area contributed by atoms with Gasteiger partial charge in [-0.1, -0.05) is 25.4 Å². The maximum absolute atomic E-state index is 11.8. The zero-order valence-corrected chi connectivity index (χ0v) is 10.8. The van der Waals surface area contributed by atoms with Gasteiger partial charge in [-0.2, -0.15) is 0 Å². The van der Waals surface area contributed by atoms with Gasteiger partial charge in [0.1, 0.15) is 5.75 Å². The van der Waals surface area contributed by atoms with E-state index >= 15 is 0 Å². The lowest BCUT2D eigenvalue weighted by molar-refractivity contribution is -0.127. The van der Waals surface area contributed by atoms with E-state index in [1.165, 1.54) is 0 Å². The van der Waals surface area contributed by atoms with Crippen LogP contribution in [0.3, 0.4) is 0 Å². The average molecular weight is 254 g/mol. The number of hydrogen-bond acceptors (Lipinski definition) is 2. The van der Waals surface area contributed by atoms with Crippen molar-refractivity contribution in [3.63, 3.8) is 0 Å². The number of rotatable bonds is 3. The maximum atomic E-state index is 11.8. The molecule has 1 amide bonds. The monoisotopic (exact) mass is 253 g/mol. The minimum absolute atomic E-state index is 0.0500. The molecular formula is C13H16ClNO2. The second-order valence-corrected chi connectivity index (χ2v) is 5.14. The Kier molecular flexibility index (Phi) is 3.57. The van der Waals surface area contributed by atoms with Gasteiger partial charge in [-0.3, -0.25) is 4.79 Å². The van der Waals surface area contributed by atoms with Gasteiger partial charge in [0.25, 0.3) is 5.91 Å². The summed E-state index contributed by atoms with van der Waals surface area (Å²) in [5.74, 6) is 1.15. The molecule has 0 aromatic heterocycles. The third kappa shape index (κ3) is 2.91. The summed E-state index contributed by atoms with van der Waals surface area (Å²) in [4.78, 5) is 11.8. The van der Waals surface area contributed by atoms with Crippen molar-refractivity contribution < 1.29 is 9.53 Å². The van der Waals surface area contributed by atoms with Gasteiger partial charge in [-0.25, -0.2) is 0 Å². The van der Waals surface area contributed by atoms with E-state index in [-0.39, 0.29) is 5.91 Å². The Morgan fingerprint density at radius 1 is 1.59 bits per heavy atom. The molecule has 92 valence electrons. The van der Waals surface area contributed by atoms with Crippen LogP contribution in [-0.4, -0.2) is 18.6 Å². The Balaban J connectivity index is 1.97. The number of hydrogen-bond donors (Lipinski definition) is 1. The topological polar surface area (TPSA) is 38.3 Å². The molecule has 0 spiro atoms. The standard InChI is InChI=1S/C13H16ClNO2/c1-8(2)7-15-13(16)12-6-9-5-10(14)3-4-11(9)17-12/h3-5,8,12H,6-7H2,1-2H3,(H,15,16). The van der Waals surface area contributed by atoms with Crippen LogP contribution in [0.2, 0.25) is 5.02 Å². The van der Waals surface area contributed by atoms with Crippen LogP contribution in [0.5, 0.6) is 5.75 Å². The minimum atomic E-state index is -0.415. The Bertz CT molecular complexity index is 431. The first kappa shape index (κ1) is 12.2. The highest BCUT2D eigenvalue weighted by Gasteiger charge is 2.28. The molecule has 1 aliphatic rings. The number of nitrogens with one attached hydrogen (secondary N) is 1.